The van der Waals surface area contributed by atoms with Gasteiger partial charge in [-0.3, -0.25) is 4.79 Å². The molecule has 0 radical (unpaired) electrons. The summed E-state index contributed by atoms with van der Waals surface area (Å²) in [6, 6.07) is 0.364. The molecule has 1 aliphatic rings. The van der Waals surface area contributed by atoms with Crippen molar-refractivity contribution in [1.29, 1.82) is 0 Å². The number of aromatic nitrogens is 2. The maximum atomic E-state index is 11.1. The summed E-state index contributed by atoms with van der Waals surface area (Å²) in [4.78, 5) is 19.4. The first-order valence-corrected chi connectivity index (χ1v) is 6.75. The molecule has 1 N–H and O–H groups in total. The van der Waals surface area contributed by atoms with E-state index in [1.807, 2.05) is 0 Å². The molecule has 18 heavy (non-hydrogen) atoms. The molecule has 5 heteroatoms. The van der Waals surface area contributed by atoms with Crippen LogP contribution in [-0.2, 0) is 0 Å². The Morgan fingerprint density at radius 1 is 1.33 bits per heavy atom. The van der Waals surface area contributed by atoms with Crippen molar-refractivity contribution in [2.24, 2.45) is 5.92 Å². The highest BCUT2D eigenvalue weighted by Gasteiger charge is 2.23. The van der Waals surface area contributed by atoms with Crippen LogP contribution >= 0.6 is 11.6 Å². The standard InChI is InChI=1S/C13H18ClN3O/c1-8-5-3-4-6-11(8)17-13-10(7-18)12(14)15-9(2)16-13/h7-8,11H,3-6H2,1-2H3,(H,15,16,17). The van der Waals surface area contributed by atoms with Crippen LogP contribution in [0.5, 0.6) is 0 Å². The van der Waals surface area contributed by atoms with Gasteiger partial charge in [-0.25, -0.2) is 9.97 Å². The van der Waals surface area contributed by atoms with E-state index in [4.69, 9.17) is 11.6 Å². The Labute approximate surface area is 112 Å². The number of hydrogen-bond acceptors (Lipinski definition) is 4. The van der Waals surface area contributed by atoms with Gasteiger partial charge in [0, 0.05) is 6.04 Å². The molecule has 1 aromatic rings. The summed E-state index contributed by atoms with van der Waals surface area (Å²) < 4.78 is 0. The zero-order valence-electron chi connectivity index (χ0n) is 10.7. The third-order valence-electron chi connectivity index (χ3n) is 3.56. The molecule has 1 aromatic heterocycles. The number of nitrogens with zero attached hydrogens (tertiary/aromatic N) is 2. The molecular formula is C13H18ClN3O. The molecule has 1 aliphatic carbocycles. The number of halogens is 1. The number of rotatable bonds is 3. The Kier molecular flexibility index (Phi) is 4.17. The van der Waals surface area contributed by atoms with Gasteiger partial charge in [0.2, 0.25) is 0 Å². The maximum absolute atomic E-state index is 11.1. The lowest BCUT2D eigenvalue weighted by Crippen LogP contribution is -2.31. The molecule has 98 valence electrons. The minimum Gasteiger partial charge on any atom is -0.366 e. The smallest absolute Gasteiger partial charge is 0.156 e. The molecule has 0 aliphatic heterocycles. The van der Waals surface area contributed by atoms with E-state index in [1.54, 1.807) is 6.92 Å². The molecular weight excluding hydrogens is 250 g/mol. The highest BCUT2D eigenvalue weighted by molar-refractivity contribution is 6.32. The van der Waals surface area contributed by atoms with Crippen LogP contribution in [0.25, 0.3) is 0 Å². The predicted molar refractivity (Wildman–Crippen MR) is 72.2 cm³/mol. The first-order valence-electron chi connectivity index (χ1n) is 6.37. The molecule has 2 atom stereocenters. The van der Waals surface area contributed by atoms with Gasteiger partial charge >= 0.3 is 0 Å². The van der Waals surface area contributed by atoms with Gasteiger partial charge in [0.25, 0.3) is 0 Å². The maximum Gasteiger partial charge on any atom is 0.156 e. The highest BCUT2D eigenvalue weighted by atomic mass is 35.5. The fourth-order valence-corrected chi connectivity index (χ4v) is 2.72. The van der Waals surface area contributed by atoms with Gasteiger partial charge in [0.05, 0.1) is 5.56 Å². The van der Waals surface area contributed by atoms with E-state index in [0.29, 0.717) is 29.2 Å². The van der Waals surface area contributed by atoms with Crippen molar-refractivity contribution >= 4 is 23.7 Å². The quantitative estimate of drug-likeness (QED) is 0.675. The largest absolute Gasteiger partial charge is 0.366 e. The summed E-state index contributed by atoms with van der Waals surface area (Å²) in [7, 11) is 0. The fourth-order valence-electron chi connectivity index (χ4n) is 2.47. The van der Waals surface area contributed by atoms with Crippen molar-refractivity contribution in [1.82, 2.24) is 9.97 Å². The summed E-state index contributed by atoms with van der Waals surface area (Å²) in [5.74, 6) is 1.74. The minimum atomic E-state index is 0.225. The normalized spacial score (nSPS) is 23.7. The van der Waals surface area contributed by atoms with Crippen LogP contribution in [0.1, 0.15) is 48.8 Å². The van der Waals surface area contributed by atoms with E-state index in [9.17, 15) is 4.79 Å². The highest BCUT2D eigenvalue weighted by Crippen LogP contribution is 2.28. The molecule has 0 spiro atoms. The van der Waals surface area contributed by atoms with Crippen molar-refractivity contribution in [2.75, 3.05) is 5.32 Å². The first-order chi connectivity index (χ1) is 8.61. The molecule has 2 rings (SSSR count). The van der Waals surface area contributed by atoms with Crippen molar-refractivity contribution in [3.63, 3.8) is 0 Å². The van der Waals surface area contributed by atoms with Crippen LogP contribution < -0.4 is 5.32 Å². The number of nitrogens with one attached hydrogen (secondary N) is 1. The van der Waals surface area contributed by atoms with Crippen LogP contribution in [0, 0.1) is 12.8 Å². The van der Waals surface area contributed by atoms with Crippen LogP contribution in [0.3, 0.4) is 0 Å². The van der Waals surface area contributed by atoms with Gasteiger partial charge < -0.3 is 5.32 Å². The van der Waals surface area contributed by atoms with E-state index in [-0.39, 0.29) is 5.15 Å². The molecule has 1 fully saturated rings. The summed E-state index contributed by atoms with van der Waals surface area (Å²) >= 11 is 5.97. The van der Waals surface area contributed by atoms with E-state index < -0.39 is 0 Å². The van der Waals surface area contributed by atoms with Gasteiger partial charge in [-0.15, -0.1) is 0 Å². The van der Waals surface area contributed by atoms with Gasteiger partial charge in [0.1, 0.15) is 16.8 Å². The zero-order valence-corrected chi connectivity index (χ0v) is 11.5. The zero-order chi connectivity index (χ0) is 13.1. The fraction of sp³-hybridized carbons (Fsp3) is 0.615. The molecule has 4 nitrogen and oxygen atoms in total. The number of hydrogen-bond donors (Lipinski definition) is 1. The monoisotopic (exact) mass is 267 g/mol. The number of anilines is 1. The van der Waals surface area contributed by atoms with E-state index in [1.165, 1.54) is 19.3 Å². The van der Waals surface area contributed by atoms with Crippen LogP contribution in [-0.4, -0.2) is 22.3 Å². The summed E-state index contributed by atoms with van der Waals surface area (Å²) in [5.41, 5.74) is 0.361. The van der Waals surface area contributed by atoms with E-state index in [0.717, 1.165) is 12.7 Å². The van der Waals surface area contributed by atoms with Gasteiger partial charge in [-0.2, -0.15) is 0 Å². The molecule has 0 aromatic carbocycles. The SMILES string of the molecule is Cc1nc(Cl)c(C=O)c(NC2CCCCC2C)n1. The summed E-state index contributed by atoms with van der Waals surface area (Å²) in [5, 5.41) is 3.59. The second-order valence-electron chi connectivity index (χ2n) is 4.95. The minimum absolute atomic E-state index is 0.225. The molecule has 0 bridgehead atoms. The lowest BCUT2D eigenvalue weighted by Gasteiger charge is -2.30. The van der Waals surface area contributed by atoms with Crippen LogP contribution in [0.4, 0.5) is 5.82 Å². The van der Waals surface area contributed by atoms with Gasteiger partial charge in [-0.05, 0) is 25.7 Å². The average Bonchev–Trinajstić information content (AvgIpc) is 2.31. The summed E-state index contributed by atoms with van der Waals surface area (Å²) in [6.45, 7) is 4.00. The van der Waals surface area contributed by atoms with Crippen molar-refractivity contribution in [3.05, 3.63) is 16.5 Å². The average molecular weight is 268 g/mol. The Hall–Kier alpha value is -1.16. The lowest BCUT2D eigenvalue weighted by atomic mass is 9.86. The second kappa shape index (κ2) is 5.65. The number of aldehydes is 1. The predicted octanol–water partition coefficient (Wildman–Crippen LogP) is 3.24. The van der Waals surface area contributed by atoms with Crippen LogP contribution in [0.15, 0.2) is 0 Å². The number of carbonyl (C=O) groups excluding carboxylic acids is 1. The Morgan fingerprint density at radius 3 is 2.72 bits per heavy atom. The first kappa shape index (κ1) is 13.3. The third kappa shape index (κ3) is 2.80. The molecule has 2 unspecified atom stereocenters. The number of carbonyl (C=O) groups is 1. The topological polar surface area (TPSA) is 54.9 Å². The van der Waals surface area contributed by atoms with Crippen molar-refractivity contribution in [2.45, 2.75) is 45.6 Å². The van der Waals surface area contributed by atoms with Crippen LogP contribution in [0.2, 0.25) is 5.15 Å². The molecule has 1 saturated carbocycles. The molecule has 0 amide bonds. The Balaban J connectivity index is 2.24. The summed E-state index contributed by atoms with van der Waals surface area (Å²) in [6.07, 6.45) is 5.54. The molecule has 1 heterocycles. The number of aryl methyl sites for hydroxylation is 1. The van der Waals surface area contributed by atoms with E-state index >= 15 is 0 Å². The Morgan fingerprint density at radius 2 is 2.06 bits per heavy atom. The van der Waals surface area contributed by atoms with Crippen molar-refractivity contribution < 1.29 is 4.79 Å². The molecule has 0 saturated heterocycles. The Bertz CT molecular complexity index is 450. The van der Waals surface area contributed by atoms with Crippen molar-refractivity contribution in [3.8, 4) is 0 Å². The lowest BCUT2D eigenvalue weighted by molar-refractivity contribution is 0.112. The van der Waals surface area contributed by atoms with Gasteiger partial charge in [0.15, 0.2) is 6.29 Å². The third-order valence-corrected chi connectivity index (χ3v) is 3.85. The second-order valence-corrected chi connectivity index (χ2v) is 5.31. The van der Waals surface area contributed by atoms with Gasteiger partial charge in [-0.1, -0.05) is 31.4 Å². The van der Waals surface area contributed by atoms with E-state index in [2.05, 4.69) is 22.2 Å².